The van der Waals surface area contributed by atoms with E-state index in [2.05, 4.69) is 61.8 Å². The number of hydrogen-bond acceptors (Lipinski definition) is 1. The van der Waals surface area contributed by atoms with Gasteiger partial charge in [0.05, 0.1) is 0 Å². The van der Waals surface area contributed by atoms with Crippen molar-refractivity contribution in [2.75, 3.05) is 5.32 Å². The Morgan fingerprint density at radius 1 is 0.862 bits per heavy atom. The molecular weight excluding hydrogens is 374 g/mol. The Morgan fingerprint density at radius 3 is 2.14 bits per heavy atom. The highest BCUT2D eigenvalue weighted by molar-refractivity contribution is 6.32. The number of allylic oxidation sites excluding steroid dienone is 1. The Morgan fingerprint density at radius 2 is 1.48 bits per heavy atom. The van der Waals surface area contributed by atoms with Crippen LogP contribution in [0.15, 0.2) is 86.0 Å². The molecule has 0 aliphatic heterocycles. The van der Waals surface area contributed by atoms with E-state index in [1.54, 1.807) is 0 Å². The summed E-state index contributed by atoms with van der Waals surface area (Å²) in [7, 11) is 0. The first-order chi connectivity index (χ1) is 14.1. The quantitative estimate of drug-likeness (QED) is 0.415. The summed E-state index contributed by atoms with van der Waals surface area (Å²) >= 11 is 6.31. The number of anilines is 1. The van der Waals surface area contributed by atoms with Gasteiger partial charge in [0.1, 0.15) is 0 Å². The summed E-state index contributed by atoms with van der Waals surface area (Å²) < 4.78 is 0. The van der Waals surface area contributed by atoms with Gasteiger partial charge in [-0.2, -0.15) is 0 Å². The molecule has 3 rings (SSSR count). The predicted octanol–water partition coefficient (Wildman–Crippen LogP) is 8.93. The standard InChI is InChI=1S/C25H24ClN.C2H6/c1-4-9-18(2)20-14-16-21(17-15-20)23-11-6-8-13-25(23)27-19(3)22-10-5-7-12-24(22)26;1-2/h5-8,10-17,27H,2-4,9H2,1H3;1-2H3. The molecule has 0 aromatic heterocycles. The Hall–Kier alpha value is -2.77. The maximum atomic E-state index is 6.31. The topological polar surface area (TPSA) is 12.0 Å². The molecule has 0 spiro atoms. The Labute approximate surface area is 180 Å². The van der Waals surface area contributed by atoms with Crippen LogP contribution in [0.25, 0.3) is 22.4 Å². The molecule has 150 valence electrons. The second-order valence-corrected chi connectivity index (χ2v) is 6.97. The molecule has 29 heavy (non-hydrogen) atoms. The molecule has 0 atom stereocenters. The first kappa shape index (κ1) is 22.5. The Kier molecular flexibility index (Phi) is 8.76. The number of nitrogens with one attached hydrogen (secondary N) is 1. The zero-order chi connectivity index (χ0) is 21.2. The monoisotopic (exact) mass is 403 g/mol. The van der Waals surface area contributed by atoms with Crippen molar-refractivity contribution in [2.45, 2.75) is 33.6 Å². The second-order valence-electron chi connectivity index (χ2n) is 6.56. The van der Waals surface area contributed by atoms with Crippen LogP contribution in [0, 0.1) is 0 Å². The van der Waals surface area contributed by atoms with E-state index in [9.17, 15) is 0 Å². The van der Waals surface area contributed by atoms with Crippen LogP contribution >= 0.6 is 11.6 Å². The average Bonchev–Trinajstić information content (AvgIpc) is 2.76. The van der Waals surface area contributed by atoms with Crippen LogP contribution in [0.3, 0.4) is 0 Å². The molecule has 3 aromatic carbocycles. The van der Waals surface area contributed by atoms with Gasteiger partial charge in [-0.05, 0) is 35.3 Å². The number of benzene rings is 3. The van der Waals surface area contributed by atoms with Gasteiger partial charge >= 0.3 is 0 Å². The minimum atomic E-state index is 0.686. The number of halogens is 1. The molecule has 0 bridgehead atoms. The summed E-state index contributed by atoms with van der Waals surface area (Å²) in [6.07, 6.45) is 2.13. The minimum Gasteiger partial charge on any atom is -0.355 e. The summed E-state index contributed by atoms with van der Waals surface area (Å²) in [6.45, 7) is 14.5. The van der Waals surface area contributed by atoms with E-state index in [0.29, 0.717) is 5.02 Å². The van der Waals surface area contributed by atoms with Crippen molar-refractivity contribution in [3.8, 4) is 11.1 Å². The van der Waals surface area contributed by atoms with E-state index < -0.39 is 0 Å². The molecule has 0 amide bonds. The molecule has 0 saturated carbocycles. The summed E-state index contributed by atoms with van der Waals surface area (Å²) in [4.78, 5) is 0. The molecule has 0 radical (unpaired) electrons. The first-order valence-corrected chi connectivity index (χ1v) is 10.6. The zero-order valence-electron chi connectivity index (χ0n) is 17.6. The molecule has 1 nitrogen and oxygen atoms in total. The van der Waals surface area contributed by atoms with Crippen LogP contribution in [0.1, 0.15) is 44.7 Å². The van der Waals surface area contributed by atoms with E-state index in [1.807, 2.05) is 50.2 Å². The predicted molar refractivity (Wildman–Crippen MR) is 131 cm³/mol. The molecule has 0 aliphatic carbocycles. The van der Waals surface area contributed by atoms with Gasteiger partial charge in [0, 0.05) is 27.5 Å². The molecule has 0 aliphatic rings. The third-order valence-electron chi connectivity index (χ3n) is 4.57. The third kappa shape index (κ3) is 5.85. The van der Waals surface area contributed by atoms with Gasteiger partial charge in [-0.25, -0.2) is 0 Å². The van der Waals surface area contributed by atoms with Crippen molar-refractivity contribution in [1.29, 1.82) is 0 Å². The van der Waals surface area contributed by atoms with Crippen LogP contribution in [0.2, 0.25) is 5.02 Å². The van der Waals surface area contributed by atoms with Crippen molar-refractivity contribution in [1.82, 2.24) is 0 Å². The lowest BCUT2D eigenvalue weighted by molar-refractivity contribution is 0.975. The van der Waals surface area contributed by atoms with Crippen LogP contribution in [-0.4, -0.2) is 0 Å². The highest BCUT2D eigenvalue weighted by atomic mass is 35.5. The lowest BCUT2D eigenvalue weighted by Crippen LogP contribution is -1.99. The van der Waals surface area contributed by atoms with Crippen molar-refractivity contribution in [3.63, 3.8) is 0 Å². The minimum absolute atomic E-state index is 0.686. The van der Waals surface area contributed by atoms with Crippen LogP contribution < -0.4 is 5.32 Å². The fraction of sp³-hybridized carbons (Fsp3) is 0.185. The Bertz CT molecular complexity index is 954. The summed E-state index contributed by atoms with van der Waals surface area (Å²) in [6, 6.07) is 24.5. The largest absolute Gasteiger partial charge is 0.355 e. The lowest BCUT2D eigenvalue weighted by Gasteiger charge is -2.15. The molecule has 2 heteroatoms. The summed E-state index contributed by atoms with van der Waals surface area (Å²) in [5, 5.41) is 4.11. The van der Waals surface area contributed by atoms with Gasteiger partial charge in [-0.15, -0.1) is 0 Å². The summed E-state index contributed by atoms with van der Waals surface area (Å²) in [5.41, 5.74) is 7.34. The van der Waals surface area contributed by atoms with Gasteiger partial charge in [0.2, 0.25) is 0 Å². The van der Waals surface area contributed by atoms with E-state index in [0.717, 1.165) is 40.9 Å². The van der Waals surface area contributed by atoms with Crippen LogP contribution in [0.5, 0.6) is 0 Å². The molecule has 0 fully saturated rings. The fourth-order valence-corrected chi connectivity index (χ4v) is 3.36. The fourth-order valence-electron chi connectivity index (χ4n) is 3.11. The van der Waals surface area contributed by atoms with Crippen LogP contribution in [0.4, 0.5) is 5.69 Å². The molecule has 0 heterocycles. The number of rotatable bonds is 7. The van der Waals surface area contributed by atoms with Crippen molar-refractivity contribution in [2.24, 2.45) is 0 Å². The van der Waals surface area contributed by atoms with E-state index >= 15 is 0 Å². The molecular formula is C27H30ClN. The molecule has 0 unspecified atom stereocenters. The van der Waals surface area contributed by atoms with Gasteiger partial charge in [-0.1, -0.05) is 113 Å². The number of hydrogen-bond donors (Lipinski definition) is 1. The van der Waals surface area contributed by atoms with E-state index in [1.165, 1.54) is 11.1 Å². The molecule has 0 saturated heterocycles. The lowest BCUT2D eigenvalue weighted by atomic mass is 9.98. The number of para-hydroxylation sites is 1. The van der Waals surface area contributed by atoms with Gasteiger partial charge in [-0.3, -0.25) is 0 Å². The van der Waals surface area contributed by atoms with E-state index in [4.69, 9.17) is 11.6 Å². The summed E-state index contributed by atoms with van der Waals surface area (Å²) in [5.74, 6) is 0. The smallest absolute Gasteiger partial charge is 0.0499 e. The van der Waals surface area contributed by atoms with Gasteiger partial charge in [0.15, 0.2) is 0 Å². The van der Waals surface area contributed by atoms with Crippen LogP contribution in [-0.2, 0) is 0 Å². The maximum absolute atomic E-state index is 6.31. The van der Waals surface area contributed by atoms with Gasteiger partial charge < -0.3 is 5.32 Å². The second kappa shape index (κ2) is 11.3. The maximum Gasteiger partial charge on any atom is 0.0499 e. The van der Waals surface area contributed by atoms with Crippen molar-refractivity contribution >= 4 is 28.6 Å². The molecule has 1 N–H and O–H groups in total. The molecule has 3 aromatic rings. The highest BCUT2D eigenvalue weighted by Gasteiger charge is 2.09. The zero-order valence-corrected chi connectivity index (χ0v) is 18.4. The van der Waals surface area contributed by atoms with Crippen molar-refractivity contribution in [3.05, 3.63) is 102 Å². The normalized spacial score (nSPS) is 9.93. The average molecular weight is 404 g/mol. The Balaban J connectivity index is 0.00000145. The van der Waals surface area contributed by atoms with Gasteiger partial charge in [0.25, 0.3) is 0 Å². The third-order valence-corrected chi connectivity index (χ3v) is 4.90. The van der Waals surface area contributed by atoms with E-state index in [-0.39, 0.29) is 0 Å². The van der Waals surface area contributed by atoms with Crippen molar-refractivity contribution < 1.29 is 0 Å². The highest BCUT2D eigenvalue weighted by Crippen LogP contribution is 2.32. The SMILES string of the molecule is C=C(CCC)c1ccc(-c2ccccc2NC(=C)c2ccccc2Cl)cc1.CC. The first-order valence-electron chi connectivity index (χ1n) is 10.2.